The van der Waals surface area contributed by atoms with Gasteiger partial charge in [0.05, 0.1) is 60.1 Å². The fourth-order valence-electron chi connectivity index (χ4n) is 16.7. The highest BCUT2D eigenvalue weighted by Crippen LogP contribution is 2.63. The average Bonchev–Trinajstić information content (AvgIpc) is 1.56. The number of rotatable bonds is 12. The number of fused-ring (bicyclic) bond motifs is 15. The Morgan fingerprint density at radius 2 is 0.566 bits per heavy atom. The Kier molecular flexibility index (Phi) is 13.4. The summed E-state index contributed by atoms with van der Waals surface area (Å²) >= 11 is 1.80. The van der Waals surface area contributed by atoms with E-state index in [9.17, 15) is 0 Å². The third-order valence-corrected chi connectivity index (χ3v) is 22.5. The van der Waals surface area contributed by atoms with Crippen LogP contribution < -0.4 is 18.9 Å². The summed E-state index contributed by atoms with van der Waals surface area (Å²) in [6, 6.07) is 111. The van der Waals surface area contributed by atoms with Gasteiger partial charge in [0.15, 0.2) is 0 Å². The monoisotopic (exact) mass is 1290 g/mol. The van der Waals surface area contributed by atoms with Crippen LogP contribution in [-0.4, -0.2) is 38.4 Å². The van der Waals surface area contributed by atoms with Crippen molar-refractivity contribution in [3.05, 3.63) is 348 Å². The van der Waals surface area contributed by atoms with Crippen LogP contribution in [0.3, 0.4) is 0 Å². The van der Waals surface area contributed by atoms with E-state index in [1.807, 2.05) is 0 Å². The Labute approximate surface area is 577 Å². The normalized spacial score (nSPS) is 13.2. The van der Waals surface area contributed by atoms with Gasteiger partial charge in [0.1, 0.15) is 34.0 Å². The zero-order chi connectivity index (χ0) is 66.1. The third-order valence-electron chi connectivity index (χ3n) is 21.3. The minimum atomic E-state index is -0.748. The molecule has 0 fully saturated rings. The summed E-state index contributed by atoms with van der Waals surface area (Å²) in [4.78, 5) is 14.6. The molecule has 0 spiro atoms. The molecule has 0 saturated carbocycles. The van der Waals surface area contributed by atoms with E-state index in [-0.39, 0.29) is 0 Å². The van der Waals surface area contributed by atoms with Crippen molar-refractivity contribution in [2.75, 3.05) is 28.4 Å². The number of thiophene rings is 1. The first-order valence-corrected chi connectivity index (χ1v) is 34.4. The molecule has 0 N–H and O–H groups in total. The van der Waals surface area contributed by atoms with Crippen LogP contribution in [0, 0.1) is 0 Å². The van der Waals surface area contributed by atoms with E-state index < -0.39 is 10.8 Å². The first-order valence-electron chi connectivity index (χ1n) is 33.5. The van der Waals surface area contributed by atoms with Crippen molar-refractivity contribution >= 4 is 76.5 Å². The van der Waals surface area contributed by atoms with Crippen LogP contribution in [0.25, 0.3) is 131 Å². The number of hydrogen-bond donors (Lipinski definition) is 0. The molecule has 0 amide bonds. The zero-order valence-electron chi connectivity index (χ0n) is 54.8. The van der Waals surface area contributed by atoms with Crippen molar-refractivity contribution in [2.45, 2.75) is 10.8 Å². The molecule has 2 heterocycles. The smallest absolute Gasteiger partial charge is 0.118 e. The van der Waals surface area contributed by atoms with Crippen LogP contribution in [0.2, 0.25) is 0 Å². The molecule has 2 aliphatic rings. The number of ether oxygens (including phenoxy) is 4. The van der Waals surface area contributed by atoms with Gasteiger partial charge in [0.2, 0.25) is 0 Å². The molecular formula is C92H62N2O4S. The summed E-state index contributed by atoms with van der Waals surface area (Å²) in [5, 5.41) is 9.09. The highest BCUT2D eigenvalue weighted by molar-refractivity contribution is 7.21. The number of methoxy groups -OCH3 is 4. The van der Waals surface area contributed by atoms with Crippen LogP contribution in [0.15, 0.2) is 303 Å². The van der Waals surface area contributed by atoms with Crippen LogP contribution in [-0.2, 0) is 10.8 Å². The molecule has 99 heavy (non-hydrogen) atoms. The zero-order valence-corrected chi connectivity index (χ0v) is 55.6. The summed E-state index contributed by atoms with van der Waals surface area (Å²) in [6.45, 7) is 0. The Bertz CT molecular complexity index is 5690. The number of aromatic nitrogens is 2. The largest absolute Gasteiger partial charge is 0.497 e. The summed E-state index contributed by atoms with van der Waals surface area (Å²) in [6.07, 6.45) is 0. The third kappa shape index (κ3) is 8.67. The number of hydrogen-bond acceptors (Lipinski definition) is 7. The van der Waals surface area contributed by atoms with Gasteiger partial charge < -0.3 is 18.9 Å². The second-order valence-corrected chi connectivity index (χ2v) is 27.0. The van der Waals surface area contributed by atoms with Gasteiger partial charge in [-0.05, 0) is 194 Å². The van der Waals surface area contributed by atoms with Crippen molar-refractivity contribution in [2.24, 2.45) is 0 Å². The maximum atomic E-state index is 6.27. The lowest BCUT2D eigenvalue weighted by molar-refractivity contribution is 0.414. The van der Waals surface area contributed by atoms with Crippen LogP contribution in [0.4, 0.5) is 0 Å². The van der Waals surface area contributed by atoms with Crippen molar-refractivity contribution in [1.82, 2.24) is 9.97 Å². The lowest BCUT2D eigenvalue weighted by Gasteiger charge is -2.34. The fourth-order valence-corrected chi connectivity index (χ4v) is 18.0. The van der Waals surface area contributed by atoms with Crippen molar-refractivity contribution < 1.29 is 18.9 Å². The number of benzene rings is 15. The topological polar surface area (TPSA) is 62.7 Å². The predicted molar refractivity (Wildman–Crippen MR) is 408 cm³/mol. The molecule has 470 valence electrons. The van der Waals surface area contributed by atoms with E-state index in [0.29, 0.717) is 0 Å². The highest BCUT2D eigenvalue weighted by Gasteiger charge is 2.49. The van der Waals surface area contributed by atoms with E-state index in [1.54, 1.807) is 39.8 Å². The molecule has 0 unspecified atom stereocenters. The summed E-state index contributed by atoms with van der Waals surface area (Å²) in [7, 11) is 6.91. The lowest BCUT2D eigenvalue weighted by Crippen LogP contribution is -2.28. The lowest BCUT2D eigenvalue weighted by atomic mass is 9.67. The molecule has 0 bridgehead atoms. The standard InChI is InChI=1S/C92H62N2O4S/c1-95-67-41-33-63(34-42-67)91(64-35-43-68(96-2)44-36-64)79-23-11-9-19-73(79)83-75(21-13-25-81(83)91)89-87-88(90(99-89)76-22-14-26-82-84(76)74-20-10-12-24-80(74)92(82,65-37-45-69(97-3)46-38-65)66-39-47-70(98-4)48-40-66)94-86-78-54-62(60-30-28-56-16-6-8-18-58(56)52-60)32-50-72(78)71-49-31-61(53-77(71)85(86)93-87)59-29-27-55-15-5-7-17-57(55)51-59/h5-54H,1-4H3. The van der Waals surface area contributed by atoms with E-state index in [1.165, 1.54) is 43.8 Å². The molecule has 15 aromatic carbocycles. The molecule has 7 heteroatoms. The van der Waals surface area contributed by atoms with Crippen LogP contribution in [0.1, 0.15) is 44.5 Å². The van der Waals surface area contributed by atoms with E-state index in [2.05, 4.69) is 303 Å². The molecule has 6 nitrogen and oxygen atoms in total. The summed E-state index contributed by atoms with van der Waals surface area (Å²) in [5.41, 5.74) is 22.3. The minimum absolute atomic E-state index is 0.748. The molecule has 0 aliphatic heterocycles. The van der Waals surface area contributed by atoms with Crippen LogP contribution >= 0.6 is 11.3 Å². The van der Waals surface area contributed by atoms with Gasteiger partial charge in [0.25, 0.3) is 0 Å². The molecule has 17 aromatic rings. The molecule has 0 atom stereocenters. The van der Waals surface area contributed by atoms with Gasteiger partial charge in [-0.2, -0.15) is 0 Å². The van der Waals surface area contributed by atoms with Gasteiger partial charge in [-0.3, -0.25) is 0 Å². The molecule has 0 saturated heterocycles. The average molecular weight is 1290 g/mol. The second-order valence-electron chi connectivity index (χ2n) is 26.0. The summed E-state index contributed by atoms with van der Waals surface area (Å²) < 4.78 is 23.4. The van der Waals surface area contributed by atoms with Gasteiger partial charge in [-0.1, -0.05) is 231 Å². The van der Waals surface area contributed by atoms with Crippen molar-refractivity contribution in [3.63, 3.8) is 0 Å². The van der Waals surface area contributed by atoms with E-state index in [0.717, 1.165) is 154 Å². The Hall–Kier alpha value is -12.2. The molecule has 2 aromatic heterocycles. The van der Waals surface area contributed by atoms with Gasteiger partial charge in [-0.15, -0.1) is 11.3 Å². The SMILES string of the molecule is COc1ccc(C2(c3ccc(OC)cc3)c3ccccc3-c3c(-c4sc(-c5cccc6c5-c5ccccc5C6(c5ccc(OC)cc5)c5ccc(OC)cc5)c5nc6c7cc(-c8ccc9ccccc9c8)ccc7c7ccc(-c8ccc9ccccc9c8)cc7c6nc45)cccc32)cc1. The predicted octanol–water partition coefficient (Wildman–Crippen LogP) is 22.9. The fraction of sp³-hybridized carbons (Fsp3) is 0.0652. The summed E-state index contributed by atoms with van der Waals surface area (Å²) in [5.74, 6) is 3.17. The molecule has 2 aliphatic carbocycles. The van der Waals surface area contributed by atoms with Crippen LogP contribution in [0.5, 0.6) is 23.0 Å². The Morgan fingerprint density at radius 1 is 0.253 bits per heavy atom. The van der Waals surface area contributed by atoms with Gasteiger partial charge >= 0.3 is 0 Å². The van der Waals surface area contributed by atoms with Gasteiger partial charge in [0, 0.05) is 21.9 Å². The molecule has 19 rings (SSSR count). The van der Waals surface area contributed by atoms with Crippen molar-refractivity contribution in [3.8, 4) is 88.4 Å². The first kappa shape index (κ1) is 58.2. The van der Waals surface area contributed by atoms with E-state index in [4.69, 9.17) is 28.9 Å². The molecular weight excluding hydrogens is 1230 g/mol. The Balaban J connectivity index is 0.949. The minimum Gasteiger partial charge on any atom is -0.497 e. The first-order chi connectivity index (χ1) is 48.8. The number of nitrogens with zero attached hydrogens (tertiary/aromatic N) is 2. The van der Waals surface area contributed by atoms with Gasteiger partial charge in [-0.25, -0.2) is 9.97 Å². The Morgan fingerprint density at radius 3 is 0.939 bits per heavy atom. The maximum Gasteiger partial charge on any atom is 0.118 e. The molecule has 0 radical (unpaired) electrons. The quantitative estimate of drug-likeness (QED) is 0.114. The maximum absolute atomic E-state index is 6.27. The highest BCUT2D eigenvalue weighted by atomic mass is 32.1. The second kappa shape index (κ2) is 22.7. The van der Waals surface area contributed by atoms with Crippen molar-refractivity contribution in [1.29, 1.82) is 0 Å². The van der Waals surface area contributed by atoms with E-state index >= 15 is 0 Å².